The summed E-state index contributed by atoms with van der Waals surface area (Å²) < 4.78 is 19.5. The van der Waals surface area contributed by atoms with Crippen LogP contribution in [0.2, 0.25) is 0 Å². The van der Waals surface area contributed by atoms with Crippen molar-refractivity contribution >= 4 is 0 Å². The van der Waals surface area contributed by atoms with Gasteiger partial charge in [0, 0.05) is 38.3 Å². The number of benzene rings is 1. The molecule has 0 unspecified atom stereocenters. The van der Waals surface area contributed by atoms with E-state index in [-0.39, 0.29) is 11.7 Å². The van der Waals surface area contributed by atoms with Crippen molar-refractivity contribution in [2.45, 2.75) is 20.5 Å². The Morgan fingerprint density at radius 3 is 2.38 bits per heavy atom. The van der Waals surface area contributed by atoms with Gasteiger partial charge < -0.3 is 9.32 Å². The lowest BCUT2D eigenvalue weighted by atomic mass is 10.2. The molecular formula is C17H23FN4O2. The molecule has 2 heterocycles. The van der Waals surface area contributed by atoms with Gasteiger partial charge in [0.2, 0.25) is 5.89 Å². The van der Waals surface area contributed by atoms with Gasteiger partial charge in [0.25, 0.3) is 0 Å². The molecule has 24 heavy (non-hydrogen) atoms. The van der Waals surface area contributed by atoms with Crippen molar-refractivity contribution < 1.29 is 8.81 Å². The summed E-state index contributed by atoms with van der Waals surface area (Å²) in [6, 6.07) is 5.75. The first-order valence-electron chi connectivity index (χ1n) is 8.30. The second kappa shape index (κ2) is 7.27. The quantitative estimate of drug-likeness (QED) is 0.836. The van der Waals surface area contributed by atoms with Gasteiger partial charge in [-0.15, -0.1) is 5.10 Å². The fraction of sp³-hybridized carbons (Fsp3) is 0.529. The monoisotopic (exact) mass is 334 g/mol. The molecule has 2 aromatic rings. The van der Waals surface area contributed by atoms with Crippen molar-refractivity contribution in [3.05, 3.63) is 40.6 Å². The minimum absolute atomic E-state index is 0.221. The Hall–Kier alpha value is -1.99. The summed E-state index contributed by atoms with van der Waals surface area (Å²) in [7, 11) is 0. The summed E-state index contributed by atoms with van der Waals surface area (Å²) >= 11 is 0. The van der Waals surface area contributed by atoms with E-state index in [0.29, 0.717) is 18.2 Å². The fourth-order valence-corrected chi connectivity index (χ4v) is 2.92. The summed E-state index contributed by atoms with van der Waals surface area (Å²) in [6.45, 7) is 9.75. The predicted octanol–water partition coefficient (Wildman–Crippen LogP) is 1.87. The SMILES string of the molecule is CC(C)CN1CCN(Cn2nc(-c3ccc(F)cc3)oc2=O)CC1. The molecule has 0 aliphatic carbocycles. The van der Waals surface area contributed by atoms with Crippen LogP contribution in [0.5, 0.6) is 0 Å². The van der Waals surface area contributed by atoms with Gasteiger partial charge in [-0.25, -0.2) is 9.18 Å². The van der Waals surface area contributed by atoms with E-state index in [1.54, 1.807) is 12.1 Å². The van der Waals surface area contributed by atoms with E-state index in [1.807, 2.05) is 0 Å². The van der Waals surface area contributed by atoms with Crippen LogP contribution < -0.4 is 5.76 Å². The van der Waals surface area contributed by atoms with Crippen molar-refractivity contribution in [3.63, 3.8) is 0 Å². The molecule has 3 rings (SSSR count). The van der Waals surface area contributed by atoms with Gasteiger partial charge in [0.15, 0.2) is 0 Å². The van der Waals surface area contributed by atoms with E-state index >= 15 is 0 Å². The van der Waals surface area contributed by atoms with Gasteiger partial charge in [-0.05, 0) is 30.2 Å². The first kappa shape index (κ1) is 16.9. The van der Waals surface area contributed by atoms with Crippen molar-refractivity contribution in [2.24, 2.45) is 5.92 Å². The fourth-order valence-electron chi connectivity index (χ4n) is 2.92. The Morgan fingerprint density at radius 2 is 1.75 bits per heavy atom. The number of nitrogens with zero attached hydrogens (tertiary/aromatic N) is 4. The van der Waals surface area contributed by atoms with E-state index < -0.39 is 5.76 Å². The molecule has 0 saturated carbocycles. The van der Waals surface area contributed by atoms with Crippen LogP contribution in [0.4, 0.5) is 4.39 Å². The highest BCUT2D eigenvalue weighted by Crippen LogP contribution is 2.15. The van der Waals surface area contributed by atoms with Crippen LogP contribution in [0.3, 0.4) is 0 Å². The summed E-state index contributed by atoms with van der Waals surface area (Å²) in [5.74, 6) is 0.0603. The third-order valence-electron chi connectivity index (χ3n) is 4.12. The van der Waals surface area contributed by atoms with E-state index in [1.165, 1.54) is 16.8 Å². The average molecular weight is 334 g/mol. The maximum atomic E-state index is 13.0. The molecule has 0 spiro atoms. The summed E-state index contributed by atoms with van der Waals surface area (Å²) in [5, 5.41) is 4.23. The normalized spacial score (nSPS) is 16.8. The van der Waals surface area contributed by atoms with E-state index in [4.69, 9.17) is 4.42 Å². The van der Waals surface area contributed by atoms with Crippen LogP contribution >= 0.6 is 0 Å². The zero-order valence-corrected chi connectivity index (χ0v) is 14.1. The second-order valence-corrected chi connectivity index (χ2v) is 6.63. The van der Waals surface area contributed by atoms with Gasteiger partial charge in [-0.2, -0.15) is 4.68 Å². The molecule has 1 aromatic carbocycles. The van der Waals surface area contributed by atoms with Gasteiger partial charge in [0.1, 0.15) is 12.5 Å². The van der Waals surface area contributed by atoms with E-state index in [0.717, 1.165) is 32.7 Å². The van der Waals surface area contributed by atoms with Crippen molar-refractivity contribution in [3.8, 4) is 11.5 Å². The first-order valence-corrected chi connectivity index (χ1v) is 8.30. The number of aromatic nitrogens is 2. The second-order valence-electron chi connectivity index (χ2n) is 6.63. The average Bonchev–Trinajstić information content (AvgIpc) is 2.90. The molecule has 0 radical (unpaired) electrons. The molecule has 1 saturated heterocycles. The standard InChI is InChI=1S/C17H23FN4O2/c1-13(2)11-20-7-9-21(10-8-20)12-22-17(23)24-16(19-22)14-3-5-15(18)6-4-14/h3-6,13H,7-12H2,1-2H3. The third-order valence-corrected chi connectivity index (χ3v) is 4.12. The molecule has 1 aliphatic rings. The number of halogens is 1. The van der Waals surface area contributed by atoms with Crippen LogP contribution in [0.15, 0.2) is 33.5 Å². The maximum absolute atomic E-state index is 13.0. The lowest BCUT2D eigenvalue weighted by molar-refractivity contribution is 0.0934. The smallest absolute Gasteiger partial charge is 0.388 e. The van der Waals surface area contributed by atoms with Crippen LogP contribution in [0, 0.1) is 11.7 Å². The Morgan fingerprint density at radius 1 is 1.12 bits per heavy atom. The van der Waals surface area contributed by atoms with Gasteiger partial charge in [0.05, 0.1) is 0 Å². The summed E-state index contributed by atoms with van der Waals surface area (Å²) in [6.07, 6.45) is 0. The Balaban J connectivity index is 1.62. The Kier molecular flexibility index (Phi) is 5.11. The Labute approximate surface area is 140 Å². The zero-order valence-electron chi connectivity index (χ0n) is 14.1. The predicted molar refractivity (Wildman–Crippen MR) is 89.0 cm³/mol. The highest BCUT2D eigenvalue weighted by Gasteiger charge is 2.19. The summed E-state index contributed by atoms with van der Waals surface area (Å²) in [4.78, 5) is 16.6. The molecule has 1 fully saturated rings. The third kappa shape index (κ3) is 4.10. The molecule has 0 atom stereocenters. The van der Waals surface area contributed by atoms with Gasteiger partial charge >= 0.3 is 5.76 Å². The maximum Gasteiger partial charge on any atom is 0.438 e. The molecule has 0 bridgehead atoms. The molecular weight excluding hydrogens is 311 g/mol. The van der Waals surface area contributed by atoms with Crippen LogP contribution in [-0.4, -0.2) is 52.3 Å². The van der Waals surface area contributed by atoms with Crippen molar-refractivity contribution in [1.29, 1.82) is 0 Å². The van der Waals surface area contributed by atoms with Gasteiger partial charge in [-0.3, -0.25) is 4.90 Å². The van der Waals surface area contributed by atoms with Crippen molar-refractivity contribution in [2.75, 3.05) is 32.7 Å². The highest BCUT2D eigenvalue weighted by molar-refractivity contribution is 5.51. The summed E-state index contributed by atoms with van der Waals surface area (Å²) in [5.41, 5.74) is 0.592. The largest absolute Gasteiger partial charge is 0.438 e. The first-order chi connectivity index (χ1) is 11.5. The van der Waals surface area contributed by atoms with Gasteiger partial charge in [-0.1, -0.05) is 13.8 Å². The molecule has 7 heteroatoms. The van der Waals surface area contributed by atoms with Crippen LogP contribution in [0.1, 0.15) is 13.8 Å². The molecule has 1 aromatic heterocycles. The zero-order chi connectivity index (χ0) is 17.1. The molecule has 1 aliphatic heterocycles. The number of hydrogen-bond donors (Lipinski definition) is 0. The van der Waals surface area contributed by atoms with E-state index in [2.05, 4.69) is 28.7 Å². The van der Waals surface area contributed by atoms with Crippen LogP contribution in [-0.2, 0) is 6.67 Å². The lowest BCUT2D eigenvalue weighted by Gasteiger charge is -2.34. The minimum atomic E-state index is -0.487. The number of rotatable bonds is 5. The number of hydrogen-bond acceptors (Lipinski definition) is 5. The minimum Gasteiger partial charge on any atom is -0.388 e. The molecule has 130 valence electrons. The Bertz CT molecular complexity index is 715. The lowest BCUT2D eigenvalue weighted by Crippen LogP contribution is -2.48. The topological polar surface area (TPSA) is 54.5 Å². The van der Waals surface area contributed by atoms with E-state index in [9.17, 15) is 9.18 Å². The highest BCUT2D eigenvalue weighted by atomic mass is 19.1. The molecule has 6 nitrogen and oxygen atoms in total. The van der Waals surface area contributed by atoms with Crippen molar-refractivity contribution in [1.82, 2.24) is 19.6 Å². The van der Waals surface area contributed by atoms with Crippen LogP contribution in [0.25, 0.3) is 11.5 Å². The molecule has 0 amide bonds. The number of piperazine rings is 1. The molecule has 0 N–H and O–H groups in total.